The molecule has 5 heteroatoms. The Labute approximate surface area is 147 Å². The minimum absolute atomic E-state index is 0.00722. The van der Waals surface area contributed by atoms with E-state index in [9.17, 15) is 14.7 Å². The van der Waals surface area contributed by atoms with E-state index in [0.717, 1.165) is 25.5 Å². The number of hydrogen-bond donors (Lipinski definition) is 3. The first kappa shape index (κ1) is 21.1. The number of amides is 1. The summed E-state index contributed by atoms with van der Waals surface area (Å²) >= 11 is 0. The second kappa shape index (κ2) is 7.96. The average Bonchev–Trinajstić information content (AvgIpc) is 2.43. The topological polar surface area (TPSA) is 78.4 Å². The van der Waals surface area contributed by atoms with Crippen LogP contribution in [0.2, 0.25) is 0 Å². The van der Waals surface area contributed by atoms with Crippen molar-refractivity contribution in [3.05, 3.63) is 0 Å². The molecule has 0 aromatic rings. The molecule has 3 N–H and O–H groups in total. The Bertz CT molecular complexity index is 432. The van der Waals surface area contributed by atoms with Gasteiger partial charge in [-0.1, -0.05) is 27.2 Å². The lowest BCUT2D eigenvalue weighted by Gasteiger charge is -2.47. The van der Waals surface area contributed by atoms with Crippen molar-refractivity contribution in [2.24, 2.45) is 17.8 Å². The van der Waals surface area contributed by atoms with Crippen molar-refractivity contribution in [1.82, 2.24) is 10.6 Å². The van der Waals surface area contributed by atoms with Crippen molar-refractivity contribution in [3.8, 4) is 0 Å². The fourth-order valence-electron chi connectivity index (χ4n) is 4.05. The van der Waals surface area contributed by atoms with Crippen LogP contribution >= 0.6 is 0 Å². The minimum Gasteiger partial charge on any atom is -0.392 e. The predicted molar refractivity (Wildman–Crippen MR) is 96.6 cm³/mol. The Kier molecular flexibility index (Phi) is 7.00. The average molecular weight is 341 g/mol. The maximum Gasteiger partial charge on any atom is 0.223 e. The predicted octanol–water partition coefficient (Wildman–Crippen LogP) is 2.27. The zero-order valence-corrected chi connectivity index (χ0v) is 16.3. The van der Waals surface area contributed by atoms with Crippen LogP contribution in [0, 0.1) is 17.8 Å². The first-order chi connectivity index (χ1) is 10.9. The van der Waals surface area contributed by atoms with Crippen LogP contribution < -0.4 is 10.6 Å². The number of carbonyl (C=O) groups excluding carboxylic acids is 2. The quantitative estimate of drug-likeness (QED) is 0.621. The largest absolute Gasteiger partial charge is 0.392 e. The van der Waals surface area contributed by atoms with Crippen molar-refractivity contribution in [1.29, 1.82) is 0 Å². The Morgan fingerprint density at radius 1 is 1.25 bits per heavy atom. The lowest BCUT2D eigenvalue weighted by Crippen LogP contribution is -2.62. The molecule has 1 aliphatic rings. The molecule has 5 nitrogen and oxygen atoms in total. The van der Waals surface area contributed by atoms with E-state index >= 15 is 0 Å². The third-order valence-corrected chi connectivity index (χ3v) is 5.31. The highest BCUT2D eigenvalue weighted by Crippen LogP contribution is 2.29. The zero-order chi connectivity index (χ0) is 18.7. The van der Waals surface area contributed by atoms with Gasteiger partial charge < -0.3 is 20.5 Å². The van der Waals surface area contributed by atoms with Crippen molar-refractivity contribution < 1.29 is 14.7 Å². The molecule has 0 aliphatic carbocycles. The lowest BCUT2D eigenvalue weighted by atomic mass is 9.79. The molecule has 0 spiro atoms. The van der Waals surface area contributed by atoms with E-state index in [-0.39, 0.29) is 28.9 Å². The molecule has 0 aromatic carbocycles. The number of aldehydes is 1. The summed E-state index contributed by atoms with van der Waals surface area (Å²) in [5.74, 6) is -1.35. The molecule has 1 heterocycles. The summed E-state index contributed by atoms with van der Waals surface area (Å²) in [7, 11) is 0. The van der Waals surface area contributed by atoms with Gasteiger partial charge in [-0.2, -0.15) is 0 Å². The number of aliphatic hydroxyl groups excluding tert-OH is 1. The maximum absolute atomic E-state index is 12.6. The van der Waals surface area contributed by atoms with Crippen LogP contribution in [0.5, 0.6) is 0 Å². The number of carbonyl (C=O) groups is 2. The Morgan fingerprint density at radius 3 is 2.17 bits per heavy atom. The molecule has 1 fully saturated rings. The van der Waals surface area contributed by atoms with Crippen LogP contribution in [0.15, 0.2) is 0 Å². The smallest absolute Gasteiger partial charge is 0.223 e. The van der Waals surface area contributed by atoms with Gasteiger partial charge in [0, 0.05) is 23.0 Å². The molecule has 4 atom stereocenters. The van der Waals surface area contributed by atoms with Gasteiger partial charge in [-0.05, 0) is 46.5 Å². The van der Waals surface area contributed by atoms with Crippen molar-refractivity contribution in [2.75, 3.05) is 0 Å². The zero-order valence-electron chi connectivity index (χ0n) is 16.3. The summed E-state index contributed by atoms with van der Waals surface area (Å²) in [6.07, 6.45) is 2.41. The maximum atomic E-state index is 12.6. The lowest BCUT2D eigenvalue weighted by molar-refractivity contribution is -0.134. The molecule has 0 radical (unpaired) electrons. The van der Waals surface area contributed by atoms with E-state index in [1.165, 1.54) is 0 Å². The molecule has 140 valence electrons. The Morgan fingerprint density at radius 2 is 1.75 bits per heavy atom. The summed E-state index contributed by atoms with van der Waals surface area (Å²) in [6.45, 7) is 14.2. The van der Waals surface area contributed by atoms with Gasteiger partial charge in [-0.3, -0.25) is 4.79 Å². The summed E-state index contributed by atoms with van der Waals surface area (Å²) in [4.78, 5) is 24.1. The van der Waals surface area contributed by atoms with E-state index in [2.05, 4.69) is 38.3 Å². The van der Waals surface area contributed by atoms with Crippen LogP contribution in [0.4, 0.5) is 0 Å². The van der Waals surface area contributed by atoms with Gasteiger partial charge in [0.1, 0.15) is 6.29 Å². The monoisotopic (exact) mass is 340 g/mol. The fraction of sp³-hybridized carbons (Fsp3) is 0.895. The van der Waals surface area contributed by atoms with Crippen molar-refractivity contribution >= 4 is 12.2 Å². The van der Waals surface area contributed by atoms with Crippen LogP contribution in [0.3, 0.4) is 0 Å². The molecular formula is C19H36N2O3. The molecule has 1 aliphatic heterocycles. The number of rotatable bonds is 7. The Balaban J connectivity index is 2.76. The standard InChI is InChI=1S/C19H36N2O3/c1-8-12(2)16(23)15(11-22)13(3)17(24)20-14-9-18(4,5)21-19(6,7)10-14/h11-16,21,23H,8-10H2,1-7H3,(H,20,24). The second-order valence-corrected chi connectivity index (χ2v) is 8.88. The van der Waals surface area contributed by atoms with Gasteiger partial charge in [-0.15, -0.1) is 0 Å². The first-order valence-electron chi connectivity index (χ1n) is 9.15. The van der Waals surface area contributed by atoms with Crippen LogP contribution in [-0.4, -0.2) is 40.5 Å². The molecule has 1 saturated heterocycles. The highest BCUT2D eigenvalue weighted by molar-refractivity contribution is 5.82. The summed E-state index contributed by atoms with van der Waals surface area (Å²) < 4.78 is 0. The second-order valence-electron chi connectivity index (χ2n) is 8.88. The van der Waals surface area contributed by atoms with E-state index in [0.29, 0.717) is 0 Å². The minimum atomic E-state index is -0.783. The summed E-state index contributed by atoms with van der Waals surface area (Å²) in [5, 5.41) is 17.0. The molecule has 0 saturated carbocycles. The van der Waals surface area contributed by atoms with Gasteiger partial charge in [0.15, 0.2) is 0 Å². The van der Waals surface area contributed by atoms with Crippen LogP contribution in [0.25, 0.3) is 0 Å². The van der Waals surface area contributed by atoms with Gasteiger partial charge in [-0.25, -0.2) is 0 Å². The Hall–Kier alpha value is -0.940. The summed E-state index contributed by atoms with van der Waals surface area (Å²) in [5.41, 5.74) is -0.105. The van der Waals surface area contributed by atoms with Gasteiger partial charge in [0.2, 0.25) is 5.91 Å². The van der Waals surface area contributed by atoms with Crippen molar-refractivity contribution in [2.45, 2.75) is 91.0 Å². The van der Waals surface area contributed by atoms with Gasteiger partial charge in [0.25, 0.3) is 0 Å². The normalized spacial score (nSPS) is 25.3. The molecule has 1 rings (SSSR count). The SMILES string of the molecule is CCC(C)C(O)C(C=O)C(C)C(=O)NC1CC(C)(C)NC(C)(C)C1. The number of nitrogens with one attached hydrogen (secondary N) is 2. The molecule has 24 heavy (non-hydrogen) atoms. The molecule has 0 bridgehead atoms. The highest BCUT2D eigenvalue weighted by atomic mass is 16.3. The highest BCUT2D eigenvalue weighted by Gasteiger charge is 2.39. The third-order valence-electron chi connectivity index (χ3n) is 5.31. The van der Waals surface area contributed by atoms with E-state index in [4.69, 9.17) is 0 Å². The van der Waals surface area contributed by atoms with Crippen molar-refractivity contribution in [3.63, 3.8) is 0 Å². The molecular weight excluding hydrogens is 304 g/mol. The van der Waals surface area contributed by atoms with Crippen LogP contribution in [0.1, 0.15) is 67.7 Å². The van der Waals surface area contributed by atoms with E-state index in [1.807, 2.05) is 13.8 Å². The van der Waals surface area contributed by atoms with E-state index in [1.54, 1.807) is 6.92 Å². The number of aliphatic hydroxyl groups is 1. The molecule has 1 amide bonds. The summed E-state index contributed by atoms with van der Waals surface area (Å²) in [6, 6.07) is 0.0687. The van der Waals surface area contributed by atoms with E-state index < -0.39 is 17.9 Å². The number of hydrogen-bond acceptors (Lipinski definition) is 4. The fourth-order valence-corrected chi connectivity index (χ4v) is 4.05. The third kappa shape index (κ3) is 5.55. The van der Waals surface area contributed by atoms with Gasteiger partial charge >= 0.3 is 0 Å². The number of piperidine rings is 1. The van der Waals surface area contributed by atoms with Gasteiger partial charge in [0.05, 0.1) is 12.0 Å². The molecule has 4 unspecified atom stereocenters. The first-order valence-corrected chi connectivity index (χ1v) is 9.15. The van der Waals surface area contributed by atoms with Crippen LogP contribution in [-0.2, 0) is 9.59 Å². The molecule has 0 aromatic heterocycles.